The van der Waals surface area contributed by atoms with E-state index >= 15 is 0 Å². The van der Waals surface area contributed by atoms with Gasteiger partial charge in [0.1, 0.15) is 0 Å². The van der Waals surface area contributed by atoms with Gasteiger partial charge in [-0.05, 0) is 25.3 Å². The van der Waals surface area contributed by atoms with E-state index in [0.717, 1.165) is 18.4 Å². The monoisotopic (exact) mass is 370 g/mol. The van der Waals surface area contributed by atoms with E-state index in [1.54, 1.807) is 0 Å². The molecule has 0 spiro atoms. The quantitative estimate of drug-likeness (QED) is 0.801. The summed E-state index contributed by atoms with van der Waals surface area (Å²) in [6, 6.07) is 9.69. The van der Waals surface area contributed by atoms with Crippen molar-refractivity contribution in [3.8, 4) is 0 Å². The van der Waals surface area contributed by atoms with Crippen LogP contribution in [0.15, 0.2) is 30.3 Å². The van der Waals surface area contributed by atoms with Gasteiger partial charge in [0.05, 0.1) is 10.8 Å². The lowest BCUT2D eigenvalue weighted by Crippen LogP contribution is -2.72. The molecule has 1 aromatic carbocycles. The third-order valence-electron chi connectivity index (χ3n) is 5.94. The fourth-order valence-electron chi connectivity index (χ4n) is 4.74. The molecule has 1 aromatic rings. The van der Waals surface area contributed by atoms with Crippen LogP contribution in [-0.4, -0.2) is 53.6 Å². The Hall–Kier alpha value is -2.17. The maximum Gasteiger partial charge on any atom is 0.222 e. The Kier molecular flexibility index (Phi) is 5.41. The summed E-state index contributed by atoms with van der Waals surface area (Å²) in [4.78, 5) is 42.8. The van der Waals surface area contributed by atoms with Gasteiger partial charge in [-0.1, -0.05) is 44.2 Å². The molecule has 0 aromatic heterocycles. The van der Waals surface area contributed by atoms with Crippen molar-refractivity contribution in [2.24, 2.45) is 5.41 Å². The summed E-state index contributed by atoms with van der Waals surface area (Å²) in [6.45, 7) is 7.43. The molecule has 146 valence electrons. The van der Waals surface area contributed by atoms with Gasteiger partial charge in [0.25, 0.3) is 0 Å². The normalized spacial score (nSPS) is 27.6. The van der Waals surface area contributed by atoms with Crippen molar-refractivity contribution >= 4 is 17.6 Å². The van der Waals surface area contributed by atoms with Crippen LogP contribution in [0.3, 0.4) is 0 Å². The Balaban J connectivity index is 2.05. The number of nitrogens with zero attached hydrogens (tertiary/aromatic N) is 2. The molecular weight excluding hydrogens is 340 g/mol. The van der Waals surface area contributed by atoms with Gasteiger partial charge in [0, 0.05) is 39.0 Å². The number of rotatable bonds is 5. The third-order valence-corrected chi connectivity index (χ3v) is 5.94. The zero-order valence-electron chi connectivity index (χ0n) is 16.7. The number of carbonyl (C=O) groups excluding carboxylic acids is 3. The molecule has 0 N–H and O–H groups in total. The molecule has 0 aliphatic carbocycles. The fraction of sp³-hybridized carbons (Fsp3) is 0.591. The van der Waals surface area contributed by atoms with Crippen LogP contribution >= 0.6 is 0 Å². The van der Waals surface area contributed by atoms with Gasteiger partial charge >= 0.3 is 0 Å². The Morgan fingerprint density at radius 2 is 1.37 bits per heavy atom. The first-order valence-corrected chi connectivity index (χ1v) is 10.0. The second-order valence-corrected chi connectivity index (χ2v) is 8.34. The average molecular weight is 370 g/mol. The number of hydrogen-bond acceptors (Lipinski definition) is 3. The first-order valence-electron chi connectivity index (χ1n) is 10.0. The second kappa shape index (κ2) is 7.45. The van der Waals surface area contributed by atoms with Crippen molar-refractivity contribution in [2.75, 3.05) is 26.2 Å². The summed E-state index contributed by atoms with van der Waals surface area (Å²) in [6.07, 6.45) is 2.57. The van der Waals surface area contributed by atoms with Gasteiger partial charge in [0.2, 0.25) is 11.8 Å². The van der Waals surface area contributed by atoms with Gasteiger partial charge < -0.3 is 9.80 Å². The van der Waals surface area contributed by atoms with Gasteiger partial charge in [-0.3, -0.25) is 14.4 Å². The molecule has 2 aliphatic heterocycles. The van der Waals surface area contributed by atoms with Gasteiger partial charge in [-0.15, -0.1) is 0 Å². The van der Waals surface area contributed by atoms with Crippen LogP contribution in [0, 0.1) is 5.41 Å². The molecule has 27 heavy (non-hydrogen) atoms. The van der Waals surface area contributed by atoms with E-state index in [1.165, 1.54) is 0 Å². The van der Waals surface area contributed by atoms with E-state index in [9.17, 15) is 14.4 Å². The number of carbonyl (C=O) groups is 3. The summed E-state index contributed by atoms with van der Waals surface area (Å²) < 4.78 is 0. The molecule has 2 heterocycles. The highest BCUT2D eigenvalue weighted by Gasteiger charge is 2.60. The van der Waals surface area contributed by atoms with Crippen LogP contribution in [0.1, 0.15) is 52.0 Å². The molecule has 2 aliphatic rings. The van der Waals surface area contributed by atoms with E-state index in [4.69, 9.17) is 0 Å². The summed E-state index contributed by atoms with van der Waals surface area (Å²) >= 11 is 0. The Morgan fingerprint density at radius 3 is 1.81 bits per heavy atom. The second-order valence-electron chi connectivity index (χ2n) is 8.34. The molecule has 2 bridgehead atoms. The molecule has 2 fully saturated rings. The smallest absolute Gasteiger partial charge is 0.222 e. The minimum atomic E-state index is -0.834. The topological polar surface area (TPSA) is 57.7 Å². The Bertz CT molecular complexity index is 698. The van der Waals surface area contributed by atoms with E-state index < -0.39 is 10.8 Å². The van der Waals surface area contributed by atoms with Crippen molar-refractivity contribution < 1.29 is 14.4 Å². The molecule has 2 amide bonds. The number of benzene rings is 1. The SMILES string of the molecule is CCCC(=O)N1CC2(C)CN(C(=O)CCC)CC(c3ccccc3)(C1)C2=O. The molecule has 2 saturated heterocycles. The lowest BCUT2D eigenvalue weighted by Gasteiger charge is -2.56. The molecule has 0 radical (unpaired) electrons. The number of piperidine rings is 2. The lowest BCUT2D eigenvalue weighted by molar-refractivity contribution is -0.160. The number of hydrogen-bond donors (Lipinski definition) is 0. The Labute approximate surface area is 161 Å². The highest BCUT2D eigenvalue weighted by Crippen LogP contribution is 2.44. The molecule has 0 saturated carbocycles. The van der Waals surface area contributed by atoms with Crippen molar-refractivity contribution in [3.05, 3.63) is 35.9 Å². The number of fused-ring (bicyclic) bond motifs is 2. The van der Waals surface area contributed by atoms with Crippen LogP contribution in [0.2, 0.25) is 0 Å². The van der Waals surface area contributed by atoms with Crippen molar-refractivity contribution in [2.45, 2.75) is 51.9 Å². The zero-order valence-corrected chi connectivity index (χ0v) is 16.7. The number of ketones is 1. The first kappa shape index (κ1) is 19.6. The molecule has 5 heteroatoms. The van der Waals surface area contributed by atoms with Crippen LogP contribution in [0.5, 0.6) is 0 Å². The van der Waals surface area contributed by atoms with Crippen LogP contribution < -0.4 is 0 Å². The minimum absolute atomic E-state index is 0.102. The molecule has 0 unspecified atom stereocenters. The van der Waals surface area contributed by atoms with Crippen molar-refractivity contribution in [1.82, 2.24) is 9.80 Å². The van der Waals surface area contributed by atoms with Gasteiger partial charge in [0.15, 0.2) is 5.78 Å². The summed E-state index contributed by atoms with van der Waals surface area (Å²) in [7, 11) is 0. The minimum Gasteiger partial charge on any atom is -0.340 e. The number of Topliss-reactive ketones (excluding diaryl/α,β-unsaturated/α-hetero) is 1. The molecular formula is C22H30N2O3. The highest BCUT2D eigenvalue weighted by molar-refractivity contribution is 6.00. The van der Waals surface area contributed by atoms with Crippen LogP contribution in [0.4, 0.5) is 0 Å². The molecule has 0 atom stereocenters. The van der Waals surface area contributed by atoms with E-state index in [1.807, 2.05) is 60.9 Å². The standard InChI is InChI=1S/C22H30N2O3/c1-4-9-18(25)23-13-21(3)14-24(19(26)10-5-2)16-22(15-23,20(21)27)17-11-7-6-8-12-17/h6-8,11-12H,4-5,9-10,13-16H2,1-3H3. The maximum absolute atomic E-state index is 13.6. The van der Waals surface area contributed by atoms with Gasteiger partial charge in [-0.2, -0.15) is 0 Å². The predicted molar refractivity (Wildman–Crippen MR) is 104 cm³/mol. The van der Waals surface area contributed by atoms with Crippen molar-refractivity contribution in [1.29, 1.82) is 0 Å². The predicted octanol–water partition coefficient (Wildman–Crippen LogP) is 2.78. The van der Waals surface area contributed by atoms with E-state index in [-0.39, 0.29) is 17.6 Å². The maximum atomic E-state index is 13.6. The summed E-state index contributed by atoms with van der Waals surface area (Å²) in [5.74, 6) is 0.372. The van der Waals surface area contributed by atoms with Crippen LogP contribution in [0.25, 0.3) is 0 Å². The van der Waals surface area contributed by atoms with E-state index in [0.29, 0.717) is 39.0 Å². The average Bonchev–Trinajstić information content (AvgIpc) is 2.64. The largest absolute Gasteiger partial charge is 0.340 e. The zero-order chi connectivity index (χ0) is 19.7. The molecule has 3 rings (SSSR count). The number of likely N-dealkylation sites (tertiary alicyclic amines) is 2. The lowest BCUT2D eigenvalue weighted by atomic mass is 9.60. The summed E-state index contributed by atoms with van der Waals surface area (Å²) in [5.41, 5.74) is -0.650. The van der Waals surface area contributed by atoms with Crippen LogP contribution in [-0.2, 0) is 19.8 Å². The number of amides is 2. The first-order chi connectivity index (χ1) is 12.9. The highest BCUT2D eigenvalue weighted by atomic mass is 16.2. The van der Waals surface area contributed by atoms with E-state index in [2.05, 4.69) is 0 Å². The third kappa shape index (κ3) is 3.40. The fourth-order valence-corrected chi connectivity index (χ4v) is 4.74. The molecule has 5 nitrogen and oxygen atoms in total. The summed E-state index contributed by atoms with van der Waals surface area (Å²) in [5, 5.41) is 0. The van der Waals surface area contributed by atoms with Crippen molar-refractivity contribution in [3.63, 3.8) is 0 Å². The Morgan fingerprint density at radius 1 is 0.889 bits per heavy atom. The van der Waals surface area contributed by atoms with Gasteiger partial charge in [-0.25, -0.2) is 0 Å².